The molecule has 0 unspecified atom stereocenters. The van der Waals surface area contributed by atoms with Gasteiger partial charge in [0.2, 0.25) is 0 Å². The lowest BCUT2D eigenvalue weighted by molar-refractivity contribution is 0.477. The molecule has 1 aliphatic heterocycles. The predicted octanol–water partition coefficient (Wildman–Crippen LogP) is 4.27. The molecular formula is C19H12O3. The number of hydrogen-bond acceptors (Lipinski definition) is 3. The van der Waals surface area contributed by atoms with E-state index in [0.717, 1.165) is 16.5 Å². The monoisotopic (exact) mass is 288 g/mol. The summed E-state index contributed by atoms with van der Waals surface area (Å²) in [6, 6.07) is 19.6. The first-order valence-corrected chi connectivity index (χ1v) is 6.97. The van der Waals surface area contributed by atoms with E-state index in [9.17, 15) is 9.90 Å². The molecule has 2 aliphatic rings. The van der Waals surface area contributed by atoms with E-state index in [1.165, 1.54) is 12.1 Å². The average molecular weight is 288 g/mol. The van der Waals surface area contributed by atoms with Crippen LogP contribution in [-0.4, -0.2) is 5.11 Å². The van der Waals surface area contributed by atoms with Crippen LogP contribution in [0.2, 0.25) is 0 Å². The molecule has 0 saturated heterocycles. The molecule has 0 atom stereocenters. The quantitative estimate of drug-likeness (QED) is 0.532. The average Bonchev–Trinajstić information content (AvgIpc) is 2.53. The van der Waals surface area contributed by atoms with Crippen LogP contribution in [0.4, 0.5) is 0 Å². The van der Waals surface area contributed by atoms with Crippen molar-refractivity contribution in [3.63, 3.8) is 0 Å². The second kappa shape index (κ2) is 4.74. The minimum absolute atomic E-state index is 0.141. The molecule has 0 aromatic heterocycles. The van der Waals surface area contributed by atoms with Gasteiger partial charge in [-0.15, -0.1) is 0 Å². The second-order valence-corrected chi connectivity index (χ2v) is 5.18. The van der Waals surface area contributed by atoms with Gasteiger partial charge in [0.05, 0.1) is 0 Å². The molecule has 3 heteroatoms. The molecule has 0 amide bonds. The number of phenols is 1. The lowest BCUT2D eigenvalue weighted by Crippen LogP contribution is -2.01. The maximum absolute atomic E-state index is 12.0. The third kappa shape index (κ3) is 1.95. The van der Waals surface area contributed by atoms with Crippen molar-refractivity contribution in [2.45, 2.75) is 0 Å². The first-order chi connectivity index (χ1) is 10.7. The van der Waals surface area contributed by atoms with Gasteiger partial charge in [-0.2, -0.15) is 0 Å². The van der Waals surface area contributed by atoms with Crippen LogP contribution in [-0.2, 0) is 0 Å². The Labute approximate surface area is 126 Å². The van der Waals surface area contributed by atoms with Crippen LogP contribution in [0.1, 0.15) is 0 Å². The van der Waals surface area contributed by atoms with Gasteiger partial charge in [0.15, 0.2) is 5.43 Å². The standard InChI is InChI=1S/C19H12O3/c20-13-10-15(14-6-2-3-7-17(14)21)16-9-12-5-1-4-8-18(12)22-19(16)11-13/h1-11,21H. The van der Waals surface area contributed by atoms with Gasteiger partial charge in [-0.25, -0.2) is 0 Å². The Hall–Kier alpha value is -3.07. The van der Waals surface area contributed by atoms with E-state index < -0.39 is 0 Å². The fourth-order valence-electron chi connectivity index (χ4n) is 2.73. The van der Waals surface area contributed by atoms with Gasteiger partial charge < -0.3 is 9.52 Å². The summed E-state index contributed by atoms with van der Waals surface area (Å²) in [6.07, 6.45) is 0. The van der Waals surface area contributed by atoms with Crippen molar-refractivity contribution in [1.29, 1.82) is 0 Å². The lowest BCUT2D eigenvalue weighted by atomic mass is 9.95. The summed E-state index contributed by atoms with van der Waals surface area (Å²) in [7, 11) is 0. The Morgan fingerprint density at radius 3 is 2.41 bits per heavy atom. The molecular weight excluding hydrogens is 276 g/mol. The van der Waals surface area contributed by atoms with E-state index in [2.05, 4.69) is 0 Å². The fraction of sp³-hybridized carbons (Fsp3) is 0. The number of fused-ring (bicyclic) bond motifs is 2. The smallest absolute Gasteiger partial charge is 0.183 e. The van der Waals surface area contributed by atoms with Crippen LogP contribution in [0.5, 0.6) is 5.75 Å². The molecule has 2 aromatic rings. The van der Waals surface area contributed by atoms with Gasteiger partial charge in [0.1, 0.15) is 17.1 Å². The van der Waals surface area contributed by atoms with E-state index in [4.69, 9.17) is 4.42 Å². The molecule has 0 radical (unpaired) electrons. The van der Waals surface area contributed by atoms with Crippen molar-refractivity contribution in [3.8, 4) is 28.2 Å². The van der Waals surface area contributed by atoms with Crippen LogP contribution in [0.25, 0.3) is 33.4 Å². The van der Waals surface area contributed by atoms with Crippen LogP contribution in [0.15, 0.2) is 75.9 Å². The third-order valence-corrected chi connectivity index (χ3v) is 3.75. The van der Waals surface area contributed by atoms with E-state index >= 15 is 0 Å². The van der Waals surface area contributed by atoms with Crippen LogP contribution < -0.4 is 5.43 Å². The number of para-hydroxylation sites is 2. The van der Waals surface area contributed by atoms with Crippen LogP contribution >= 0.6 is 0 Å². The maximum atomic E-state index is 12.0. The SMILES string of the molecule is O=c1cc2oc3ccccc3cc-2c(-c2ccccc2O)c1. The van der Waals surface area contributed by atoms with Gasteiger partial charge >= 0.3 is 0 Å². The summed E-state index contributed by atoms with van der Waals surface area (Å²) in [6.45, 7) is 0. The van der Waals surface area contributed by atoms with Crippen molar-refractivity contribution in [2.75, 3.05) is 0 Å². The summed E-state index contributed by atoms with van der Waals surface area (Å²) in [4.78, 5) is 12.0. The highest BCUT2D eigenvalue weighted by Gasteiger charge is 2.16. The Bertz CT molecular complexity index is 1010. The topological polar surface area (TPSA) is 50.4 Å². The molecule has 3 nitrogen and oxygen atoms in total. The first-order valence-electron chi connectivity index (χ1n) is 6.97. The van der Waals surface area contributed by atoms with Crippen molar-refractivity contribution >= 4 is 11.0 Å². The Kier molecular flexibility index (Phi) is 2.73. The molecule has 0 bridgehead atoms. The van der Waals surface area contributed by atoms with Crippen LogP contribution in [0, 0.1) is 0 Å². The fourth-order valence-corrected chi connectivity index (χ4v) is 2.73. The highest BCUT2D eigenvalue weighted by Crippen LogP contribution is 2.38. The molecule has 0 fully saturated rings. The minimum Gasteiger partial charge on any atom is -0.507 e. The van der Waals surface area contributed by atoms with E-state index in [1.54, 1.807) is 18.2 Å². The number of phenolic OH excluding ortho intramolecular Hbond substituents is 1. The first kappa shape index (κ1) is 12.7. The number of benzene rings is 3. The molecule has 1 aliphatic carbocycles. The summed E-state index contributed by atoms with van der Waals surface area (Å²) >= 11 is 0. The summed E-state index contributed by atoms with van der Waals surface area (Å²) in [5, 5.41) is 11.0. The summed E-state index contributed by atoms with van der Waals surface area (Å²) < 4.78 is 5.85. The predicted molar refractivity (Wildman–Crippen MR) is 86.2 cm³/mol. The normalized spacial score (nSPS) is 11.1. The zero-order valence-corrected chi connectivity index (χ0v) is 11.6. The largest absolute Gasteiger partial charge is 0.507 e. The van der Waals surface area contributed by atoms with Gasteiger partial charge in [0, 0.05) is 28.1 Å². The highest BCUT2D eigenvalue weighted by molar-refractivity contribution is 5.91. The Morgan fingerprint density at radius 1 is 0.773 bits per heavy atom. The summed E-state index contributed by atoms with van der Waals surface area (Å²) in [5.41, 5.74) is 2.68. The van der Waals surface area contributed by atoms with Gasteiger partial charge in [0.25, 0.3) is 0 Å². The van der Waals surface area contributed by atoms with Crippen molar-refractivity contribution in [2.24, 2.45) is 0 Å². The van der Waals surface area contributed by atoms with E-state index in [0.29, 0.717) is 16.9 Å². The number of aromatic hydroxyl groups is 1. The molecule has 22 heavy (non-hydrogen) atoms. The Morgan fingerprint density at radius 2 is 1.55 bits per heavy atom. The molecule has 106 valence electrons. The van der Waals surface area contributed by atoms with Crippen LogP contribution in [0.3, 0.4) is 0 Å². The zero-order valence-electron chi connectivity index (χ0n) is 11.6. The third-order valence-electron chi connectivity index (χ3n) is 3.75. The van der Waals surface area contributed by atoms with Crippen molar-refractivity contribution < 1.29 is 9.52 Å². The second-order valence-electron chi connectivity index (χ2n) is 5.18. The highest BCUT2D eigenvalue weighted by atomic mass is 16.3. The maximum Gasteiger partial charge on any atom is 0.183 e. The van der Waals surface area contributed by atoms with E-state index in [1.807, 2.05) is 36.4 Å². The minimum atomic E-state index is -0.148. The molecule has 0 saturated carbocycles. The summed E-state index contributed by atoms with van der Waals surface area (Å²) in [5.74, 6) is 0.659. The van der Waals surface area contributed by atoms with Gasteiger partial charge in [-0.1, -0.05) is 36.4 Å². The lowest BCUT2D eigenvalue weighted by Gasteiger charge is -2.13. The Balaban J connectivity index is 2.13. The van der Waals surface area contributed by atoms with Gasteiger partial charge in [-0.3, -0.25) is 4.79 Å². The molecule has 1 N–H and O–H groups in total. The van der Waals surface area contributed by atoms with E-state index in [-0.39, 0.29) is 11.2 Å². The molecule has 1 heterocycles. The molecule has 4 rings (SSSR count). The van der Waals surface area contributed by atoms with Crippen molar-refractivity contribution in [1.82, 2.24) is 0 Å². The molecule has 2 aromatic carbocycles. The molecule has 0 spiro atoms. The zero-order chi connectivity index (χ0) is 15.1. The number of hydrogen-bond donors (Lipinski definition) is 1. The number of rotatable bonds is 1. The van der Waals surface area contributed by atoms with Crippen molar-refractivity contribution in [3.05, 3.63) is 77.0 Å². The van der Waals surface area contributed by atoms with Gasteiger partial charge in [-0.05, 0) is 24.3 Å².